The van der Waals surface area contributed by atoms with Gasteiger partial charge in [0.25, 0.3) is 5.91 Å². The smallest absolute Gasteiger partial charge is 0.251 e. The third kappa shape index (κ3) is 4.82. The highest BCUT2D eigenvalue weighted by Gasteiger charge is 2.19. The van der Waals surface area contributed by atoms with E-state index in [1.165, 1.54) is 6.07 Å². The van der Waals surface area contributed by atoms with Crippen molar-refractivity contribution in [2.24, 2.45) is 10.6 Å². The fraction of sp³-hybridized carbons (Fsp3) is 0.533. The van der Waals surface area contributed by atoms with E-state index in [-0.39, 0.29) is 16.2 Å². The van der Waals surface area contributed by atoms with Crippen LogP contribution in [0.4, 0.5) is 0 Å². The summed E-state index contributed by atoms with van der Waals surface area (Å²) < 4.78 is 23.2. The maximum Gasteiger partial charge on any atom is 0.251 e. The first kappa shape index (κ1) is 17.7. The first-order valence-electron chi connectivity index (χ1n) is 7.04. The van der Waals surface area contributed by atoms with Gasteiger partial charge in [0.15, 0.2) is 0 Å². The number of nitrogens with one attached hydrogen (secondary N) is 1. The number of hydrogen-bond donors (Lipinski definition) is 2. The summed E-state index contributed by atoms with van der Waals surface area (Å²) in [6.07, 6.45) is 1.47. The van der Waals surface area contributed by atoms with Gasteiger partial charge in [-0.25, -0.2) is 13.6 Å². The van der Waals surface area contributed by atoms with Crippen LogP contribution in [-0.4, -0.2) is 20.9 Å². The standard InChI is InChI=1S/C15H24N2O3S/c1-5-11-7-8-12(9-13(11)21(16,19)20)14(18)17-10-15(3,4)6-2/h7-9H,5-6,10H2,1-4H3,(H,17,18)(H2,16,19,20). The molecule has 5 nitrogen and oxygen atoms in total. The Hall–Kier alpha value is -1.40. The molecule has 0 saturated heterocycles. The molecule has 1 rings (SSSR count). The second-order valence-corrected chi connectivity index (χ2v) is 7.45. The number of carbonyl (C=O) groups excluding carboxylic acids is 1. The molecule has 0 aliphatic rings. The van der Waals surface area contributed by atoms with Crippen LogP contribution < -0.4 is 10.5 Å². The molecule has 21 heavy (non-hydrogen) atoms. The van der Waals surface area contributed by atoms with E-state index in [0.717, 1.165) is 6.42 Å². The van der Waals surface area contributed by atoms with E-state index in [0.29, 0.717) is 24.1 Å². The van der Waals surface area contributed by atoms with Crippen molar-refractivity contribution >= 4 is 15.9 Å². The summed E-state index contributed by atoms with van der Waals surface area (Å²) in [6.45, 7) is 8.55. The number of primary sulfonamides is 1. The summed E-state index contributed by atoms with van der Waals surface area (Å²) in [5.41, 5.74) is 0.924. The summed E-state index contributed by atoms with van der Waals surface area (Å²) in [5.74, 6) is -0.288. The van der Waals surface area contributed by atoms with E-state index < -0.39 is 10.0 Å². The van der Waals surface area contributed by atoms with Crippen molar-refractivity contribution in [1.29, 1.82) is 0 Å². The lowest BCUT2D eigenvalue weighted by Crippen LogP contribution is -2.33. The Kier molecular flexibility index (Phi) is 5.53. The van der Waals surface area contributed by atoms with Crippen LogP contribution in [0.5, 0.6) is 0 Å². The minimum atomic E-state index is -3.83. The van der Waals surface area contributed by atoms with Gasteiger partial charge in [-0.3, -0.25) is 4.79 Å². The average Bonchev–Trinajstić information content (AvgIpc) is 2.43. The Morgan fingerprint density at radius 2 is 1.90 bits per heavy atom. The predicted octanol–water partition coefficient (Wildman–Crippen LogP) is 2.06. The molecule has 1 aromatic carbocycles. The fourth-order valence-electron chi connectivity index (χ4n) is 1.80. The number of rotatable bonds is 6. The molecule has 0 bridgehead atoms. The maximum absolute atomic E-state index is 12.1. The Morgan fingerprint density at radius 1 is 1.29 bits per heavy atom. The molecule has 0 aromatic heterocycles. The number of hydrogen-bond acceptors (Lipinski definition) is 3. The minimum Gasteiger partial charge on any atom is -0.352 e. The normalized spacial score (nSPS) is 12.2. The fourth-order valence-corrected chi connectivity index (χ4v) is 2.67. The first-order valence-corrected chi connectivity index (χ1v) is 8.59. The van der Waals surface area contributed by atoms with Crippen LogP contribution in [0.25, 0.3) is 0 Å². The molecular formula is C15H24N2O3S. The van der Waals surface area contributed by atoms with Gasteiger partial charge in [0, 0.05) is 12.1 Å². The van der Waals surface area contributed by atoms with Crippen molar-refractivity contribution in [2.45, 2.75) is 45.4 Å². The maximum atomic E-state index is 12.1. The molecule has 0 aliphatic heterocycles. The van der Waals surface area contributed by atoms with E-state index in [4.69, 9.17) is 5.14 Å². The second kappa shape index (κ2) is 6.58. The van der Waals surface area contributed by atoms with Crippen LogP contribution >= 0.6 is 0 Å². The van der Waals surface area contributed by atoms with Gasteiger partial charge in [0.1, 0.15) is 0 Å². The Balaban J connectivity index is 3.02. The molecule has 6 heteroatoms. The summed E-state index contributed by atoms with van der Waals surface area (Å²) in [4.78, 5) is 12.2. The molecule has 0 unspecified atom stereocenters. The summed E-state index contributed by atoms with van der Waals surface area (Å²) in [5, 5.41) is 8.04. The van der Waals surface area contributed by atoms with Crippen molar-refractivity contribution in [1.82, 2.24) is 5.32 Å². The number of benzene rings is 1. The minimum absolute atomic E-state index is 0.00178. The molecule has 0 heterocycles. The van der Waals surface area contributed by atoms with Gasteiger partial charge in [0.2, 0.25) is 10.0 Å². The molecule has 0 saturated carbocycles. The van der Waals surface area contributed by atoms with Crippen molar-refractivity contribution in [3.05, 3.63) is 29.3 Å². The van der Waals surface area contributed by atoms with Crippen molar-refractivity contribution in [3.8, 4) is 0 Å². The highest BCUT2D eigenvalue weighted by atomic mass is 32.2. The highest BCUT2D eigenvalue weighted by Crippen LogP contribution is 2.19. The zero-order valence-corrected chi connectivity index (χ0v) is 13.9. The van der Waals surface area contributed by atoms with Gasteiger partial charge >= 0.3 is 0 Å². The van der Waals surface area contributed by atoms with Crippen LogP contribution in [0.2, 0.25) is 0 Å². The third-order valence-corrected chi connectivity index (χ3v) is 4.69. The van der Waals surface area contributed by atoms with Crippen LogP contribution in [0, 0.1) is 5.41 Å². The second-order valence-electron chi connectivity index (χ2n) is 5.92. The molecule has 0 fully saturated rings. The molecular weight excluding hydrogens is 288 g/mol. The number of amides is 1. The molecule has 118 valence electrons. The first-order chi connectivity index (χ1) is 9.60. The molecule has 1 amide bonds. The number of sulfonamides is 1. The molecule has 0 aliphatic carbocycles. The highest BCUT2D eigenvalue weighted by molar-refractivity contribution is 7.89. The predicted molar refractivity (Wildman–Crippen MR) is 83.6 cm³/mol. The number of carbonyl (C=O) groups is 1. The molecule has 3 N–H and O–H groups in total. The van der Waals surface area contributed by atoms with Crippen LogP contribution in [0.15, 0.2) is 23.1 Å². The molecule has 1 aromatic rings. The molecule has 0 atom stereocenters. The van der Waals surface area contributed by atoms with Crippen LogP contribution in [0.3, 0.4) is 0 Å². The zero-order valence-electron chi connectivity index (χ0n) is 13.1. The summed E-state index contributed by atoms with van der Waals surface area (Å²) in [6, 6.07) is 4.61. The quantitative estimate of drug-likeness (QED) is 0.842. The van der Waals surface area contributed by atoms with Crippen molar-refractivity contribution in [2.75, 3.05) is 6.54 Å². The zero-order chi connectivity index (χ0) is 16.3. The van der Waals surface area contributed by atoms with Crippen LogP contribution in [-0.2, 0) is 16.4 Å². The van der Waals surface area contributed by atoms with Gasteiger partial charge in [0.05, 0.1) is 4.90 Å². The van der Waals surface area contributed by atoms with Gasteiger partial charge in [-0.1, -0.05) is 33.8 Å². The summed E-state index contributed by atoms with van der Waals surface area (Å²) >= 11 is 0. The van der Waals surface area contributed by atoms with E-state index in [1.54, 1.807) is 12.1 Å². The summed E-state index contributed by atoms with van der Waals surface area (Å²) in [7, 11) is -3.83. The Bertz CT molecular complexity index is 622. The SMILES string of the molecule is CCc1ccc(C(=O)NCC(C)(C)CC)cc1S(N)(=O)=O. The van der Waals surface area contributed by atoms with Gasteiger partial charge in [-0.15, -0.1) is 0 Å². The van der Waals surface area contributed by atoms with Crippen molar-refractivity contribution in [3.63, 3.8) is 0 Å². The lowest BCUT2D eigenvalue weighted by atomic mass is 9.90. The van der Waals surface area contributed by atoms with E-state index in [1.807, 2.05) is 6.92 Å². The molecule has 0 spiro atoms. The van der Waals surface area contributed by atoms with Gasteiger partial charge < -0.3 is 5.32 Å². The van der Waals surface area contributed by atoms with E-state index in [9.17, 15) is 13.2 Å². The average molecular weight is 312 g/mol. The molecule has 0 radical (unpaired) electrons. The van der Waals surface area contributed by atoms with E-state index in [2.05, 4.69) is 26.1 Å². The number of aryl methyl sites for hydroxylation is 1. The monoisotopic (exact) mass is 312 g/mol. The third-order valence-electron chi connectivity index (χ3n) is 3.70. The van der Waals surface area contributed by atoms with Crippen molar-refractivity contribution < 1.29 is 13.2 Å². The van der Waals surface area contributed by atoms with Gasteiger partial charge in [-0.2, -0.15) is 0 Å². The van der Waals surface area contributed by atoms with E-state index >= 15 is 0 Å². The topological polar surface area (TPSA) is 89.3 Å². The largest absolute Gasteiger partial charge is 0.352 e. The lowest BCUT2D eigenvalue weighted by molar-refractivity contribution is 0.0935. The van der Waals surface area contributed by atoms with Gasteiger partial charge in [-0.05, 0) is 36.0 Å². The van der Waals surface area contributed by atoms with Crippen LogP contribution in [0.1, 0.15) is 50.0 Å². The lowest BCUT2D eigenvalue weighted by Gasteiger charge is -2.23. The Morgan fingerprint density at radius 3 is 2.38 bits per heavy atom. The Labute approximate surface area is 127 Å². The number of nitrogens with two attached hydrogens (primary N) is 1.